The minimum absolute atomic E-state index is 0.188. The molecule has 2 aliphatic rings. The largest absolute Gasteiger partial charge is 0.336 e. The molecule has 2 aliphatic heterocycles. The number of hydrogen-bond acceptors (Lipinski definition) is 3. The van der Waals surface area contributed by atoms with Crippen LogP contribution in [0.4, 0.5) is 0 Å². The highest BCUT2D eigenvalue weighted by atomic mass is 16.2. The van der Waals surface area contributed by atoms with Crippen molar-refractivity contribution in [3.63, 3.8) is 0 Å². The van der Waals surface area contributed by atoms with E-state index in [1.807, 2.05) is 17.0 Å². The number of benzene rings is 1. The quantitative estimate of drug-likeness (QED) is 0.830. The van der Waals surface area contributed by atoms with Crippen molar-refractivity contribution in [1.29, 1.82) is 0 Å². The number of likely N-dealkylation sites (tertiary alicyclic amines) is 1. The molecule has 0 bridgehead atoms. The van der Waals surface area contributed by atoms with Gasteiger partial charge in [-0.25, -0.2) is 0 Å². The van der Waals surface area contributed by atoms with E-state index < -0.39 is 0 Å². The van der Waals surface area contributed by atoms with Gasteiger partial charge in [-0.3, -0.25) is 9.69 Å². The van der Waals surface area contributed by atoms with Crippen LogP contribution in [0.15, 0.2) is 24.3 Å². The second-order valence-corrected chi connectivity index (χ2v) is 7.09. The molecular weight excluding hydrogens is 298 g/mol. The monoisotopic (exact) mass is 329 g/mol. The predicted octanol–water partition coefficient (Wildman–Crippen LogP) is 2.49. The molecule has 1 aromatic rings. The lowest BCUT2D eigenvalue weighted by Crippen LogP contribution is -2.50. The zero-order valence-corrected chi connectivity index (χ0v) is 15.0. The van der Waals surface area contributed by atoms with E-state index in [0.29, 0.717) is 0 Å². The summed E-state index contributed by atoms with van der Waals surface area (Å²) in [6, 6.07) is 8.10. The van der Waals surface area contributed by atoms with E-state index >= 15 is 0 Å². The summed E-state index contributed by atoms with van der Waals surface area (Å²) in [7, 11) is 0. The number of amides is 1. The Morgan fingerprint density at radius 2 is 1.42 bits per heavy atom. The van der Waals surface area contributed by atoms with Crippen LogP contribution in [0.25, 0.3) is 0 Å². The molecule has 1 amide bonds. The highest BCUT2D eigenvalue weighted by molar-refractivity contribution is 5.94. The second kappa shape index (κ2) is 8.63. The second-order valence-electron chi connectivity index (χ2n) is 7.09. The summed E-state index contributed by atoms with van der Waals surface area (Å²) >= 11 is 0. The Morgan fingerprint density at radius 3 is 2.00 bits per heavy atom. The van der Waals surface area contributed by atoms with Gasteiger partial charge in [0.15, 0.2) is 0 Å². The Hall–Kier alpha value is -1.39. The number of hydrogen-bond donors (Lipinski definition) is 0. The van der Waals surface area contributed by atoms with Gasteiger partial charge in [0.05, 0.1) is 0 Å². The molecular formula is C20H31N3O. The summed E-state index contributed by atoms with van der Waals surface area (Å²) in [5.41, 5.74) is 2.11. The first-order valence-electron chi connectivity index (χ1n) is 9.59. The van der Waals surface area contributed by atoms with E-state index in [1.165, 1.54) is 44.5 Å². The first-order valence-corrected chi connectivity index (χ1v) is 9.59. The fraction of sp³-hybridized carbons (Fsp3) is 0.650. The predicted molar refractivity (Wildman–Crippen MR) is 98.5 cm³/mol. The third-order valence-corrected chi connectivity index (χ3v) is 5.45. The molecule has 0 N–H and O–H groups in total. The molecule has 0 aromatic heterocycles. The van der Waals surface area contributed by atoms with Gasteiger partial charge in [-0.2, -0.15) is 0 Å². The van der Waals surface area contributed by atoms with E-state index in [0.717, 1.165) is 44.7 Å². The lowest BCUT2D eigenvalue weighted by atomic mass is 10.1. The molecule has 0 saturated carbocycles. The third kappa shape index (κ3) is 4.58. The summed E-state index contributed by atoms with van der Waals surface area (Å²) in [4.78, 5) is 19.7. The van der Waals surface area contributed by atoms with Gasteiger partial charge in [0.25, 0.3) is 5.91 Å². The van der Waals surface area contributed by atoms with Crippen LogP contribution in [0.3, 0.4) is 0 Å². The highest BCUT2D eigenvalue weighted by Gasteiger charge is 2.22. The molecule has 4 nitrogen and oxygen atoms in total. The van der Waals surface area contributed by atoms with Gasteiger partial charge < -0.3 is 9.80 Å². The SMILES string of the molecule is CCc1ccc(C(=O)N2CCN(CCN3CCCCC3)CC2)cc1. The van der Waals surface area contributed by atoms with Crippen LogP contribution in [0.2, 0.25) is 0 Å². The molecule has 0 atom stereocenters. The van der Waals surface area contributed by atoms with Crippen LogP contribution in [0.1, 0.15) is 42.1 Å². The zero-order chi connectivity index (χ0) is 16.8. The van der Waals surface area contributed by atoms with Gasteiger partial charge in [-0.1, -0.05) is 25.5 Å². The van der Waals surface area contributed by atoms with Gasteiger partial charge >= 0.3 is 0 Å². The molecule has 0 radical (unpaired) electrons. The van der Waals surface area contributed by atoms with Crippen LogP contribution >= 0.6 is 0 Å². The Balaban J connectivity index is 1.43. The van der Waals surface area contributed by atoms with Crippen molar-refractivity contribution in [3.05, 3.63) is 35.4 Å². The number of carbonyl (C=O) groups is 1. The minimum atomic E-state index is 0.188. The van der Waals surface area contributed by atoms with Crippen LogP contribution in [0, 0.1) is 0 Å². The maximum absolute atomic E-state index is 12.6. The molecule has 132 valence electrons. The lowest BCUT2D eigenvalue weighted by molar-refractivity contribution is 0.0619. The number of carbonyl (C=O) groups excluding carboxylic acids is 1. The molecule has 24 heavy (non-hydrogen) atoms. The molecule has 0 unspecified atom stereocenters. The normalized spacial score (nSPS) is 20.3. The maximum atomic E-state index is 12.6. The van der Waals surface area contributed by atoms with Crippen molar-refractivity contribution in [2.75, 3.05) is 52.4 Å². The molecule has 1 aromatic carbocycles. The molecule has 0 aliphatic carbocycles. The molecule has 4 heteroatoms. The smallest absolute Gasteiger partial charge is 0.253 e. The van der Waals surface area contributed by atoms with Gasteiger partial charge in [0.2, 0.25) is 0 Å². The standard InChI is InChI=1S/C20H31N3O/c1-2-18-6-8-19(9-7-18)20(24)23-16-14-22(15-17-23)13-12-21-10-4-3-5-11-21/h6-9H,2-5,10-17H2,1H3. The lowest BCUT2D eigenvalue weighted by Gasteiger charge is -2.36. The Labute approximate surface area is 146 Å². The van der Waals surface area contributed by atoms with Gasteiger partial charge in [-0.05, 0) is 50.0 Å². The number of nitrogens with zero attached hydrogens (tertiary/aromatic N) is 3. The molecule has 2 heterocycles. The molecule has 2 saturated heterocycles. The topological polar surface area (TPSA) is 26.8 Å². The summed E-state index contributed by atoms with van der Waals surface area (Å²) in [5, 5.41) is 0. The Kier molecular flexibility index (Phi) is 6.27. The van der Waals surface area contributed by atoms with Gasteiger partial charge in [0.1, 0.15) is 0 Å². The Bertz CT molecular complexity index is 514. The third-order valence-electron chi connectivity index (χ3n) is 5.45. The number of piperidine rings is 1. The van der Waals surface area contributed by atoms with E-state index in [4.69, 9.17) is 0 Å². The van der Waals surface area contributed by atoms with Crippen molar-refractivity contribution in [2.45, 2.75) is 32.6 Å². The first kappa shape index (κ1) is 17.4. The minimum Gasteiger partial charge on any atom is -0.336 e. The average molecular weight is 329 g/mol. The molecule has 0 spiro atoms. The number of rotatable bonds is 5. The van der Waals surface area contributed by atoms with Crippen molar-refractivity contribution in [3.8, 4) is 0 Å². The van der Waals surface area contributed by atoms with Crippen LogP contribution in [-0.4, -0.2) is 73.0 Å². The Morgan fingerprint density at radius 1 is 0.833 bits per heavy atom. The van der Waals surface area contributed by atoms with Gasteiger partial charge in [0, 0.05) is 44.8 Å². The summed E-state index contributed by atoms with van der Waals surface area (Å²) in [6.45, 7) is 10.7. The van der Waals surface area contributed by atoms with Crippen molar-refractivity contribution in [1.82, 2.24) is 14.7 Å². The zero-order valence-electron chi connectivity index (χ0n) is 15.0. The maximum Gasteiger partial charge on any atom is 0.253 e. The first-order chi connectivity index (χ1) is 11.8. The number of piperazine rings is 1. The molecule has 2 fully saturated rings. The van der Waals surface area contributed by atoms with E-state index in [2.05, 4.69) is 28.9 Å². The summed E-state index contributed by atoms with van der Waals surface area (Å²) < 4.78 is 0. The van der Waals surface area contributed by atoms with Crippen molar-refractivity contribution in [2.24, 2.45) is 0 Å². The van der Waals surface area contributed by atoms with E-state index in [9.17, 15) is 4.79 Å². The van der Waals surface area contributed by atoms with Crippen molar-refractivity contribution >= 4 is 5.91 Å². The van der Waals surface area contributed by atoms with Crippen LogP contribution < -0.4 is 0 Å². The summed E-state index contributed by atoms with van der Waals surface area (Å²) in [6.07, 6.45) is 5.14. The fourth-order valence-electron chi connectivity index (χ4n) is 3.71. The van der Waals surface area contributed by atoms with Gasteiger partial charge in [-0.15, -0.1) is 0 Å². The highest BCUT2D eigenvalue weighted by Crippen LogP contribution is 2.12. The van der Waals surface area contributed by atoms with E-state index in [1.54, 1.807) is 0 Å². The number of aryl methyl sites for hydroxylation is 1. The molecule has 3 rings (SSSR count). The van der Waals surface area contributed by atoms with E-state index in [-0.39, 0.29) is 5.91 Å². The van der Waals surface area contributed by atoms with Crippen LogP contribution in [0.5, 0.6) is 0 Å². The summed E-state index contributed by atoms with van der Waals surface area (Å²) in [5.74, 6) is 0.188. The average Bonchev–Trinajstić information content (AvgIpc) is 2.67. The van der Waals surface area contributed by atoms with Crippen molar-refractivity contribution < 1.29 is 4.79 Å². The fourth-order valence-corrected chi connectivity index (χ4v) is 3.71. The van der Waals surface area contributed by atoms with Crippen LogP contribution in [-0.2, 0) is 6.42 Å².